The van der Waals surface area contributed by atoms with E-state index in [-0.39, 0.29) is 12.8 Å². The summed E-state index contributed by atoms with van der Waals surface area (Å²) in [5.41, 5.74) is 0. The number of carbonyl (C=O) groups excluding carboxylic acids is 2. The van der Waals surface area contributed by atoms with Crippen LogP contribution in [-0.4, -0.2) is 65.7 Å². The van der Waals surface area contributed by atoms with Gasteiger partial charge in [-0.2, -0.15) is 0 Å². The van der Waals surface area contributed by atoms with Gasteiger partial charge in [0.2, 0.25) is 0 Å². The maximum atomic E-state index is 12.0. The van der Waals surface area contributed by atoms with Crippen LogP contribution in [0.15, 0.2) is 12.2 Å². The number of allylic oxidation sites excluding steroid dienone is 2. The van der Waals surface area contributed by atoms with Crippen molar-refractivity contribution in [2.45, 2.75) is 116 Å². The van der Waals surface area contributed by atoms with Crippen LogP contribution in [0, 0.1) is 0 Å². The fraction of sp³-hybridized carbons (Fsp3) is 0.846. The van der Waals surface area contributed by atoms with Gasteiger partial charge < -0.3 is 24.6 Å². The van der Waals surface area contributed by atoms with Crippen molar-refractivity contribution >= 4 is 19.8 Å². The first-order valence-corrected chi connectivity index (χ1v) is 15.1. The Morgan fingerprint density at radius 2 is 1.19 bits per heavy atom. The van der Waals surface area contributed by atoms with E-state index in [1.54, 1.807) is 6.92 Å². The number of ether oxygens (including phenoxy) is 2. The summed E-state index contributed by atoms with van der Waals surface area (Å²) in [6.07, 6.45) is 16.1. The molecule has 218 valence electrons. The smallest absolute Gasteiger partial charge is 0.457 e. The van der Waals surface area contributed by atoms with Gasteiger partial charge in [0, 0.05) is 12.8 Å². The standard InChI is InChI=1S/C26H49O10P/c1-3-5-6-7-8-9-10-11-12-13-14-15-16-17-18-26(30)36-24(20-28)22-34-37(31,32)33-21-23(19-27)35-25(29)4-2/h10-11,23-24,27-28H,3-9,12-22H2,1-2H3,(H,31,32)/b11-10-. The van der Waals surface area contributed by atoms with Crippen molar-refractivity contribution < 1.29 is 47.8 Å². The largest absolute Gasteiger partial charge is 0.472 e. The molecule has 0 fully saturated rings. The van der Waals surface area contributed by atoms with E-state index >= 15 is 0 Å². The van der Waals surface area contributed by atoms with E-state index in [1.807, 2.05) is 0 Å². The summed E-state index contributed by atoms with van der Waals surface area (Å²) < 4.78 is 31.4. The van der Waals surface area contributed by atoms with Gasteiger partial charge in [0.05, 0.1) is 26.4 Å². The zero-order valence-corrected chi connectivity index (χ0v) is 23.6. The molecule has 0 amide bonds. The number of hydrogen-bond acceptors (Lipinski definition) is 9. The van der Waals surface area contributed by atoms with Gasteiger partial charge in [0.15, 0.2) is 0 Å². The van der Waals surface area contributed by atoms with Gasteiger partial charge in [-0.05, 0) is 32.1 Å². The molecule has 0 bridgehead atoms. The topological polar surface area (TPSA) is 149 Å². The molecule has 0 spiro atoms. The maximum absolute atomic E-state index is 12.0. The highest BCUT2D eigenvalue weighted by molar-refractivity contribution is 7.47. The highest BCUT2D eigenvalue weighted by Crippen LogP contribution is 2.43. The van der Waals surface area contributed by atoms with Crippen LogP contribution < -0.4 is 0 Å². The molecule has 0 aromatic rings. The van der Waals surface area contributed by atoms with Gasteiger partial charge in [-0.15, -0.1) is 0 Å². The minimum absolute atomic E-state index is 0.0737. The van der Waals surface area contributed by atoms with Crippen LogP contribution in [0.2, 0.25) is 0 Å². The first-order chi connectivity index (χ1) is 17.8. The number of esters is 2. The average Bonchev–Trinajstić information content (AvgIpc) is 2.88. The number of aliphatic hydroxyl groups is 2. The summed E-state index contributed by atoms with van der Waals surface area (Å²) in [5, 5.41) is 18.5. The summed E-state index contributed by atoms with van der Waals surface area (Å²) in [4.78, 5) is 33.0. The molecule has 3 N–H and O–H groups in total. The van der Waals surface area contributed by atoms with Crippen LogP contribution in [0.1, 0.15) is 104 Å². The van der Waals surface area contributed by atoms with Crippen LogP contribution in [-0.2, 0) is 32.7 Å². The van der Waals surface area contributed by atoms with Crippen molar-refractivity contribution in [3.8, 4) is 0 Å². The van der Waals surface area contributed by atoms with Gasteiger partial charge in [0.1, 0.15) is 12.2 Å². The molecular weight excluding hydrogens is 503 g/mol. The third kappa shape index (κ3) is 22.4. The molecule has 0 aliphatic rings. The molecule has 0 aromatic heterocycles. The van der Waals surface area contributed by atoms with Crippen LogP contribution in [0.25, 0.3) is 0 Å². The van der Waals surface area contributed by atoms with E-state index in [0.717, 1.165) is 38.5 Å². The van der Waals surface area contributed by atoms with Crippen molar-refractivity contribution in [1.29, 1.82) is 0 Å². The van der Waals surface area contributed by atoms with E-state index in [2.05, 4.69) is 19.1 Å². The van der Waals surface area contributed by atoms with Crippen molar-refractivity contribution in [2.24, 2.45) is 0 Å². The lowest BCUT2D eigenvalue weighted by atomic mass is 10.1. The lowest BCUT2D eigenvalue weighted by molar-refractivity contribution is -0.153. The molecule has 0 saturated heterocycles. The Morgan fingerprint density at radius 1 is 0.730 bits per heavy atom. The Hall–Kier alpha value is -1.29. The highest BCUT2D eigenvalue weighted by atomic mass is 31.2. The second kappa shape index (κ2) is 23.8. The normalized spacial score (nSPS) is 14.8. The number of aliphatic hydroxyl groups excluding tert-OH is 2. The second-order valence-electron chi connectivity index (χ2n) is 8.98. The summed E-state index contributed by atoms with van der Waals surface area (Å²) in [6, 6.07) is 0. The first kappa shape index (κ1) is 35.7. The minimum atomic E-state index is -4.58. The summed E-state index contributed by atoms with van der Waals surface area (Å²) in [6.45, 7) is 1.48. The molecule has 0 aliphatic heterocycles. The van der Waals surface area contributed by atoms with E-state index in [4.69, 9.17) is 23.6 Å². The number of phosphoric acid groups is 1. The third-order valence-electron chi connectivity index (χ3n) is 5.53. The Balaban J connectivity index is 3.93. The fourth-order valence-electron chi connectivity index (χ4n) is 3.32. The molecule has 11 heteroatoms. The molecule has 37 heavy (non-hydrogen) atoms. The van der Waals surface area contributed by atoms with Gasteiger partial charge in [0.25, 0.3) is 0 Å². The van der Waals surface area contributed by atoms with Crippen LogP contribution in [0.5, 0.6) is 0 Å². The SMILES string of the molecule is CCCCCCC/C=C\CCCCCCCC(=O)OC(CO)COP(=O)(O)OCC(CO)OC(=O)CC. The summed E-state index contributed by atoms with van der Waals surface area (Å²) >= 11 is 0. The summed E-state index contributed by atoms with van der Waals surface area (Å²) in [7, 11) is -4.58. The predicted octanol–water partition coefficient (Wildman–Crippen LogP) is 4.99. The quantitative estimate of drug-likeness (QED) is 0.0612. The highest BCUT2D eigenvalue weighted by Gasteiger charge is 2.27. The Kier molecular flexibility index (Phi) is 23.0. The number of hydrogen-bond donors (Lipinski definition) is 3. The average molecular weight is 553 g/mol. The van der Waals surface area contributed by atoms with Crippen molar-refractivity contribution in [3.05, 3.63) is 12.2 Å². The maximum Gasteiger partial charge on any atom is 0.472 e. The molecule has 0 aromatic carbocycles. The molecule has 0 saturated carbocycles. The van der Waals surface area contributed by atoms with Crippen molar-refractivity contribution in [2.75, 3.05) is 26.4 Å². The third-order valence-corrected chi connectivity index (χ3v) is 6.48. The minimum Gasteiger partial charge on any atom is -0.457 e. The van der Waals surface area contributed by atoms with Gasteiger partial charge in [-0.25, -0.2) is 4.57 Å². The molecular formula is C26H49O10P. The molecule has 3 atom stereocenters. The zero-order valence-electron chi connectivity index (χ0n) is 22.7. The summed E-state index contributed by atoms with van der Waals surface area (Å²) in [5.74, 6) is -1.12. The van der Waals surface area contributed by atoms with E-state index in [1.165, 1.54) is 32.1 Å². The van der Waals surface area contributed by atoms with Crippen LogP contribution in [0.4, 0.5) is 0 Å². The number of rotatable bonds is 25. The lowest BCUT2D eigenvalue weighted by Gasteiger charge is -2.20. The van der Waals surface area contributed by atoms with Crippen molar-refractivity contribution in [3.63, 3.8) is 0 Å². The molecule has 0 heterocycles. The van der Waals surface area contributed by atoms with Gasteiger partial charge in [-0.3, -0.25) is 18.6 Å². The first-order valence-electron chi connectivity index (χ1n) is 13.6. The number of unbranched alkanes of at least 4 members (excludes halogenated alkanes) is 10. The van der Waals surface area contributed by atoms with E-state index < -0.39 is 58.4 Å². The van der Waals surface area contributed by atoms with E-state index in [9.17, 15) is 24.2 Å². The molecule has 0 aliphatic carbocycles. The Labute approximate surface area is 222 Å². The molecule has 0 radical (unpaired) electrons. The Bertz CT molecular complexity index is 655. The van der Waals surface area contributed by atoms with Crippen LogP contribution in [0.3, 0.4) is 0 Å². The lowest BCUT2D eigenvalue weighted by Crippen LogP contribution is -2.28. The zero-order chi connectivity index (χ0) is 27.8. The van der Waals surface area contributed by atoms with Gasteiger partial charge in [-0.1, -0.05) is 70.9 Å². The Morgan fingerprint density at radius 3 is 1.68 bits per heavy atom. The second-order valence-corrected chi connectivity index (χ2v) is 10.4. The molecule has 0 rings (SSSR count). The van der Waals surface area contributed by atoms with E-state index in [0.29, 0.717) is 6.42 Å². The number of carbonyl (C=O) groups is 2. The molecule has 3 unspecified atom stereocenters. The van der Waals surface area contributed by atoms with Crippen molar-refractivity contribution in [1.82, 2.24) is 0 Å². The monoisotopic (exact) mass is 552 g/mol. The molecule has 10 nitrogen and oxygen atoms in total. The van der Waals surface area contributed by atoms with Gasteiger partial charge >= 0.3 is 19.8 Å². The predicted molar refractivity (Wildman–Crippen MR) is 141 cm³/mol. The fourth-order valence-corrected chi connectivity index (χ4v) is 4.10. The number of phosphoric ester groups is 1. The van der Waals surface area contributed by atoms with Crippen LogP contribution >= 0.6 is 7.82 Å².